The minimum Gasteiger partial charge on any atom is -0.496 e. The number of alkyl halides is 1. The van der Waals surface area contributed by atoms with Crippen LogP contribution in [0, 0.1) is 0 Å². The molecule has 2 aromatic carbocycles. The maximum Gasteiger partial charge on any atom is 0.148 e. The van der Waals surface area contributed by atoms with E-state index in [1.54, 1.807) is 7.11 Å². The van der Waals surface area contributed by atoms with Crippen LogP contribution in [0.5, 0.6) is 5.75 Å². The van der Waals surface area contributed by atoms with Gasteiger partial charge in [-0.3, -0.25) is 0 Å². The number of nitrogens with zero attached hydrogens (tertiary/aromatic N) is 2. The number of methoxy groups -OCH3 is 1. The lowest BCUT2D eigenvalue weighted by Crippen LogP contribution is -2.27. The molecule has 1 aromatic heterocycles. The average Bonchev–Trinajstić information content (AvgIpc) is 3.27. The molecule has 36 heavy (non-hydrogen) atoms. The van der Waals surface area contributed by atoms with E-state index < -0.39 is 6.67 Å². The number of rotatable bonds is 9. The van der Waals surface area contributed by atoms with Gasteiger partial charge in [-0.2, -0.15) is 0 Å². The molecular formula is C30H36FN3O2. The Labute approximate surface area is 213 Å². The van der Waals surface area contributed by atoms with Crippen LogP contribution in [0.15, 0.2) is 36.4 Å². The highest BCUT2D eigenvalue weighted by Gasteiger charge is 2.34. The van der Waals surface area contributed by atoms with E-state index in [1.165, 1.54) is 35.1 Å². The van der Waals surface area contributed by atoms with Gasteiger partial charge in [0.1, 0.15) is 18.2 Å². The Kier molecular flexibility index (Phi) is 7.51. The number of ether oxygens (including phenoxy) is 2. The van der Waals surface area contributed by atoms with Gasteiger partial charge in [0.15, 0.2) is 0 Å². The first-order valence-corrected chi connectivity index (χ1v) is 13.3. The summed E-state index contributed by atoms with van der Waals surface area (Å²) in [5, 5.41) is 3.66. The third-order valence-corrected chi connectivity index (χ3v) is 7.51. The van der Waals surface area contributed by atoms with Gasteiger partial charge in [0.25, 0.3) is 0 Å². The number of benzene rings is 2. The van der Waals surface area contributed by atoms with Gasteiger partial charge in [0.2, 0.25) is 0 Å². The van der Waals surface area contributed by atoms with E-state index in [4.69, 9.17) is 19.4 Å². The van der Waals surface area contributed by atoms with E-state index in [0.717, 1.165) is 66.3 Å². The molecule has 6 heteroatoms. The standard InChI is InChI=1S/C30H36FN3O2/c1-4-24-28(23-16-19-10-6-7-11-20(19)17-26(23)35-3)32-25(5-2)30(33-24)34-29-22-13-9-8-12-21(22)18-27(29)36-15-14-31/h8-9,12-13,16-17,27,29H,4-7,10-11,14-15,18H2,1-3H3,(H,33,34)/t27-,29?/m0/s1. The van der Waals surface area contributed by atoms with Gasteiger partial charge in [-0.15, -0.1) is 0 Å². The van der Waals surface area contributed by atoms with Crippen LogP contribution < -0.4 is 10.1 Å². The summed E-state index contributed by atoms with van der Waals surface area (Å²) in [6, 6.07) is 12.7. The predicted octanol–water partition coefficient (Wildman–Crippen LogP) is 6.22. The molecular weight excluding hydrogens is 453 g/mol. The lowest BCUT2D eigenvalue weighted by molar-refractivity contribution is 0.0393. The van der Waals surface area contributed by atoms with Crippen LogP contribution in [-0.4, -0.2) is 36.5 Å². The summed E-state index contributed by atoms with van der Waals surface area (Å²) in [5.74, 6) is 1.65. The fraction of sp³-hybridized carbons (Fsp3) is 0.467. The van der Waals surface area contributed by atoms with Crippen molar-refractivity contribution in [2.75, 3.05) is 25.7 Å². The van der Waals surface area contributed by atoms with E-state index in [0.29, 0.717) is 0 Å². The monoisotopic (exact) mass is 489 g/mol. The third kappa shape index (κ3) is 4.71. The zero-order valence-corrected chi connectivity index (χ0v) is 21.6. The van der Waals surface area contributed by atoms with Crippen LogP contribution >= 0.6 is 0 Å². The molecule has 0 bridgehead atoms. The smallest absolute Gasteiger partial charge is 0.148 e. The number of hydrogen-bond donors (Lipinski definition) is 1. The van der Waals surface area contributed by atoms with E-state index >= 15 is 0 Å². The molecule has 5 rings (SSSR count). The van der Waals surface area contributed by atoms with Crippen molar-refractivity contribution in [1.29, 1.82) is 0 Å². The molecule has 1 unspecified atom stereocenters. The summed E-state index contributed by atoms with van der Waals surface area (Å²) >= 11 is 0. The van der Waals surface area contributed by atoms with E-state index in [-0.39, 0.29) is 18.8 Å². The van der Waals surface area contributed by atoms with Crippen molar-refractivity contribution >= 4 is 5.82 Å². The maximum atomic E-state index is 12.9. The second-order valence-corrected chi connectivity index (χ2v) is 9.67. The highest BCUT2D eigenvalue weighted by molar-refractivity contribution is 5.72. The normalized spacial score (nSPS) is 18.6. The molecule has 0 amide bonds. The first-order valence-electron chi connectivity index (χ1n) is 13.3. The Hall–Kier alpha value is -2.99. The number of aryl methyl sites for hydroxylation is 4. The molecule has 0 fully saturated rings. The molecule has 1 N–H and O–H groups in total. The minimum absolute atomic E-state index is 0.0961. The van der Waals surface area contributed by atoms with Gasteiger partial charge in [-0.1, -0.05) is 38.1 Å². The molecule has 2 atom stereocenters. The Bertz CT molecular complexity index is 1230. The summed E-state index contributed by atoms with van der Waals surface area (Å²) in [7, 11) is 1.73. The Morgan fingerprint density at radius 3 is 2.44 bits per heavy atom. The fourth-order valence-electron chi connectivity index (χ4n) is 5.67. The van der Waals surface area contributed by atoms with Gasteiger partial charge >= 0.3 is 0 Å². The van der Waals surface area contributed by atoms with Crippen LogP contribution in [0.1, 0.15) is 66.4 Å². The molecule has 0 saturated heterocycles. The van der Waals surface area contributed by atoms with E-state index in [1.807, 2.05) is 12.1 Å². The van der Waals surface area contributed by atoms with Crippen molar-refractivity contribution in [3.8, 4) is 17.0 Å². The highest BCUT2D eigenvalue weighted by Crippen LogP contribution is 2.39. The zero-order chi connectivity index (χ0) is 25.1. The molecule has 3 aromatic rings. The third-order valence-electron chi connectivity index (χ3n) is 7.51. The molecule has 0 saturated carbocycles. The number of nitrogens with one attached hydrogen (secondary N) is 1. The molecule has 5 nitrogen and oxygen atoms in total. The predicted molar refractivity (Wildman–Crippen MR) is 142 cm³/mol. The second kappa shape index (κ2) is 11.0. The van der Waals surface area contributed by atoms with Crippen molar-refractivity contribution in [3.05, 3.63) is 70.0 Å². The summed E-state index contributed by atoms with van der Waals surface area (Å²) in [5.41, 5.74) is 8.99. The SMILES string of the molecule is CCc1nc(-c2cc3c(cc2OC)CCCC3)c(CC)nc1NC1c2ccccc2C[C@@H]1OCCF. The summed E-state index contributed by atoms with van der Waals surface area (Å²) < 4.78 is 24.7. The number of fused-ring (bicyclic) bond motifs is 2. The second-order valence-electron chi connectivity index (χ2n) is 9.67. The summed E-state index contributed by atoms with van der Waals surface area (Å²) in [6.07, 6.45) is 6.77. The van der Waals surface area contributed by atoms with Crippen LogP contribution in [0.3, 0.4) is 0 Å². The Morgan fingerprint density at radius 1 is 0.972 bits per heavy atom. The molecule has 0 radical (unpaired) electrons. The van der Waals surface area contributed by atoms with Crippen molar-refractivity contribution in [2.45, 2.75) is 70.9 Å². The molecule has 0 spiro atoms. The molecule has 1 heterocycles. The fourth-order valence-corrected chi connectivity index (χ4v) is 5.67. The minimum atomic E-state index is -0.489. The maximum absolute atomic E-state index is 12.9. The topological polar surface area (TPSA) is 56.3 Å². The Morgan fingerprint density at radius 2 is 1.72 bits per heavy atom. The van der Waals surface area contributed by atoms with Crippen molar-refractivity contribution in [1.82, 2.24) is 9.97 Å². The van der Waals surface area contributed by atoms with Crippen LogP contribution in [0.2, 0.25) is 0 Å². The van der Waals surface area contributed by atoms with Gasteiger partial charge < -0.3 is 14.8 Å². The number of hydrogen-bond acceptors (Lipinski definition) is 5. The van der Waals surface area contributed by atoms with Crippen molar-refractivity contribution in [3.63, 3.8) is 0 Å². The largest absolute Gasteiger partial charge is 0.496 e. The molecule has 2 aliphatic carbocycles. The molecule has 2 aliphatic rings. The number of aromatic nitrogens is 2. The van der Waals surface area contributed by atoms with Gasteiger partial charge in [-0.25, -0.2) is 14.4 Å². The highest BCUT2D eigenvalue weighted by atomic mass is 19.1. The van der Waals surface area contributed by atoms with Gasteiger partial charge in [0.05, 0.1) is 42.9 Å². The summed E-state index contributed by atoms with van der Waals surface area (Å²) in [6.45, 7) is 3.83. The molecule has 0 aliphatic heterocycles. The van der Waals surface area contributed by atoms with Gasteiger partial charge in [-0.05, 0) is 72.9 Å². The zero-order valence-electron chi connectivity index (χ0n) is 21.6. The lowest BCUT2D eigenvalue weighted by Gasteiger charge is -2.25. The molecule has 190 valence electrons. The van der Waals surface area contributed by atoms with Crippen molar-refractivity contribution < 1.29 is 13.9 Å². The average molecular weight is 490 g/mol. The lowest BCUT2D eigenvalue weighted by atomic mass is 9.89. The number of halogens is 1. The van der Waals surface area contributed by atoms with E-state index in [2.05, 4.69) is 43.4 Å². The number of anilines is 1. The summed E-state index contributed by atoms with van der Waals surface area (Å²) in [4.78, 5) is 10.3. The Balaban J connectivity index is 1.54. The van der Waals surface area contributed by atoms with Crippen LogP contribution in [0.25, 0.3) is 11.3 Å². The van der Waals surface area contributed by atoms with Crippen LogP contribution in [0.4, 0.5) is 10.2 Å². The van der Waals surface area contributed by atoms with Crippen molar-refractivity contribution in [2.24, 2.45) is 0 Å². The first kappa shape index (κ1) is 24.7. The van der Waals surface area contributed by atoms with Gasteiger partial charge in [0, 0.05) is 12.0 Å². The van der Waals surface area contributed by atoms with Crippen LogP contribution in [-0.2, 0) is 36.8 Å². The van der Waals surface area contributed by atoms with E-state index in [9.17, 15) is 4.39 Å². The first-order chi connectivity index (χ1) is 17.7. The quantitative estimate of drug-likeness (QED) is 0.387.